The van der Waals surface area contributed by atoms with Crippen molar-refractivity contribution in [3.05, 3.63) is 41.4 Å². The van der Waals surface area contributed by atoms with Crippen molar-refractivity contribution < 1.29 is 4.42 Å². The van der Waals surface area contributed by atoms with Crippen molar-refractivity contribution in [2.75, 3.05) is 6.54 Å². The zero-order valence-corrected chi connectivity index (χ0v) is 12.7. The molecular weight excluding hydrogens is 262 g/mol. The molecule has 112 valence electrons. The second-order valence-electron chi connectivity index (χ2n) is 6.34. The number of fused-ring (bicyclic) bond motifs is 1. The largest absolute Gasteiger partial charge is 0.468 e. The monoisotopic (exact) mass is 285 g/mol. The van der Waals surface area contributed by atoms with Crippen LogP contribution in [0, 0.1) is 0 Å². The lowest BCUT2D eigenvalue weighted by molar-refractivity contribution is 0.217. The summed E-state index contributed by atoms with van der Waals surface area (Å²) in [5.74, 6) is 2.33. The van der Waals surface area contributed by atoms with Crippen LogP contribution in [0.3, 0.4) is 0 Å². The van der Waals surface area contributed by atoms with Crippen LogP contribution < -0.4 is 0 Å². The summed E-state index contributed by atoms with van der Waals surface area (Å²) < 4.78 is 7.90. The van der Waals surface area contributed by atoms with Crippen molar-refractivity contribution >= 4 is 0 Å². The maximum Gasteiger partial charge on any atom is 0.126 e. The fraction of sp³-hybridized carbons (Fsp3) is 0.588. The maximum absolute atomic E-state index is 5.52. The number of aryl methyl sites for hydroxylation is 1. The summed E-state index contributed by atoms with van der Waals surface area (Å²) in [6.45, 7) is 2.04. The van der Waals surface area contributed by atoms with Crippen molar-refractivity contribution in [2.24, 2.45) is 7.05 Å². The van der Waals surface area contributed by atoms with Crippen molar-refractivity contribution in [3.63, 3.8) is 0 Å². The van der Waals surface area contributed by atoms with Crippen LogP contribution in [-0.4, -0.2) is 21.0 Å². The Hall–Kier alpha value is -1.55. The van der Waals surface area contributed by atoms with E-state index < -0.39 is 0 Å². The first-order valence-electron chi connectivity index (χ1n) is 8.14. The van der Waals surface area contributed by atoms with Crippen LogP contribution in [0.2, 0.25) is 0 Å². The Kier molecular flexibility index (Phi) is 3.34. The van der Waals surface area contributed by atoms with Crippen molar-refractivity contribution in [3.8, 4) is 0 Å². The van der Waals surface area contributed by atoms with E-state index in [0.29, 0.717) is 6.04 Å². The fourth-order valence-corrected chi connectivity index (χ4v) is 3.92. The van der Waals surface area contributed by atoms with Gasteiger partial charge in [-0.3, -0.25) is 4.90 Å². The van der Waals surface area contributed by atoms with Gasteiger partial charge in [0.25, 0.3) is 0 Å². The van der Waals surface area contributed by atoms with Gasteiger partial charge in [-0.1, -0.05) is 0 Å². The Morgan fingerprint density at radius 1 is 1.29 bits per heavy atom. The SMILES string of the molecule is Cn1c(C2CCCN2Cc2ccco2)nc2c1CCCC2. The highest BCUT2D eigenvalue weighted by Crippen LogP contribution is 2.34. The molecule has 0 aromatic carbocycles. The van der Waals surface area contributed by atoms with E-state index in [4.69, 9.17) is 9.40 Å². The molecule has 4 rings (SSSR count). The van der Waals surface area contributed by atoms with Crippen LogP contribution in [0.5, 0.6) is 0 Å². The molecule has 1 atom stereocenters. The van der Waals surface area contributed by atoms with Gasteiger partial charge in [0.05, 0.1) is 24.5 Å². The highest BCUT2D eigenvalue weighted by molar-refractivity contribution is 5.22. The van der Waals surface area contributed by atoms with Gasteiger partial charge in [0.1, 0.15) is 11.6 Å². The average Bonchev–Trinajstić information content (AvgIpc) is 3.21. The van der Waals surface area contributed by atoms with E-state index in [9.17, 15) is 0 Å². The second kappa shape index (κ2) is 5.34. The Labute approximate surface area is 125 Å². The standard InChI is InChI=1S/C17H23N3O/c1-19-15-8-3-2-7-14(15)18-17(19)16-9-4-10-20(16)12-13-6-5-11-21-13/h5-6,11,16H,2-4,7-10,12H2,1H3. The lowest BCUT2D eigenvalue weighted by atomic mass is 10.0. The van der Waals surface area contributed by atoms with Gasteiger partial charge >= 0.3 is 0 Å². The Morgan fingerprint density at radius 2 is 2.19 bits per heavy atom. The lowest BCUT2D eigenvalue weighted by Crippen LogP contribution is -2.24. The van der Waals surface area contributed by atoms with E-state index in [-0.39, 0.29) is 0 Å². The summed E-state index contributed by atoms with van der Waals surface area (Å²) in [6.07, 6.45) is 9.20. The summed E-state index contributed by atoms with van der Waals surface area (Å²) in [5, 5.41) is 0. The van der Waals surface area contributed by atoms with Crippen molar-refractivity contribution in [1.82, 2.24) is 14.5 Å². The van der Waals surface area contributed by atoms with Crippen LogP contribution in [0.4, 0.5) is 0 Å². The van der Waals surface area contributed by atoms with E-state index in [0.717, 1.165) is 25.3 Å². The average molecular weight is 285 g/mol. The van der Waals surface area contributed by atoms with Crippen LogP contribution in [0.15, 0.2) is 22.8 Å². The number of likely N-dealkylation sites (tertiary alicyclic amines) is 1. The normalized spacial score (nSPS) is 22.6. The third-order valence-electron chi connectivity index (χ3n) is 5.01. The molecule has 0 amide bonds. The minimum absolute atomic E-state index is 0.450. The highest BCUT2D eigenvalue weighted by Gasteiger charge is 2.31. The lowest BCUT2D eigenvalue weighted by Gasteiger charge is -2.23. The van der Waals surface area contributed by atoms with Gasteiger partial charge in [-0.25, -0.2) is 4.98 Å². The Bertz CT molecular complexity index is 614. The van der Waals surface area contributed by atoms with E-state index in [2.05, 4.69) is 22.6 Å². The first-order valence-corrected chi connectivity index (χ1v) is 8.14. The van der Waals surface area contributed by atoms with Gasteiger partial charge in [-0.05, 0) is 57.2 Å². The van der Waals surface area contributed by atoms with Gasteiger partial charge in [-0.15, -0.1) is 0 Å². The highest BCUT2D eigenvalue weighted by atomic mass is 16.3. The smallest absolute Gasteiger partial charge is 0.126 e. The molecule has 1 fully saturated rings. The first kappa shape index (κ1) is 13.1. The molecule has 3 heterocycles. The third kappa shape index (κ3) is 2.31. The predicted octanol–water partition coefficient (Wildman–Crippen LogP) is 3.23. The van der Waals surface area contributed by atoms with Crippen LogP contribution >= 0.6 is 0 Å². The van der Waals surface area contributed by atoms with Crippen molar-refractivity contribution in [1.29, 1.82) is 0 Å². The molecule has 0 radical (unpaired) electrons. The molecule has 0 spiro atoms. The molecule has 2 aromatic heterocycles. The molecule has 0 bridgehead atoms. The molecule has 21 heavy (non-hydrogen) atoms. The topological polar surface area (TPSA) is 34.2 Å². The quantitative estimate of drug-likeness (QED) is 0.868. The molecule has 1 saturated heterocycles. The summed E-state index contributed by atoms with van der Waals surface area (Å²) in [4.78, 5) is 7.52. The number of nitrogens with zero attached hydrogens (tertiary/aromatic N) is 3. The summed E-state index contributed by atoms with van der Waals surface area (Å²) in [7, 11) is 2.20. The number of rotatable bonds is 3. The molecule has 4 nitrogen and oxygen atoms in total. The van der Waals surface area contributed by atoms with Gasteiger partial charge in [0, 0.05) is 12.7 Å². The van der Waals surface area contributed by atoms with Gasteiger partial charge in [0.15, 0.2) is 0 Å². The molecule has 2 aromatic rings. The molecule has 4 heteroatoms. The van der Waals surface area contributed by atoms with E-state index in [1.54, 1.807) is 6.26 Å². The minimum atomic E-state index is 0.450. The van der Waals surface area contributed by atoms with Gasteiger partial charge in [0.2, 0.25) is 0 Å². The molecule has 0 N–H and O–H groups in total. The molecule has 0 saturated carbocycles. The zero-order chi connectivity index (χ0) is 14.2. The number of aromatic nitrogens is 2. The van der Waals surface area contributed by atoms with Crippen molar-refractivity contribution in [2.45, 2.75) is 51.1 Å². The molecule has 2 aliphatic rings. The van der Waals surface area contributed by atoms with Crippen LogP contribution in [0.1, 0.15) is 54.7 Å². The third-order valence-corrected chi connectivity index (χ3v) is 5.01. The van der Waals surface area contributed by atoms with Crippen LogP contribution in [-0.2, 0) is 26.4 Å². The summed E-state index contributed by atoms with van der Waals surface area (Å²) >= 11 is 0. The molecule has 1 aliphatic carbocycles. The Balaban J connectivity index is 1.61. The second-order valence-corrected chi connectivity index (χ2v) is 6.34. The van der Waals surface area contributed by atoms with E-state index >= 15 is 0 Å². The van der Waals surface area contributed by atoms with Gasteiger partial charge in [-0.2, -0.15) is 0 Å². The molecule has 1 aliphatic heterocycles. The number of furan rings is 1. The summed E-state index contributed by atoms with van der Waals surface area (Å²) in [5.41, 5.74) is 2.82. The predicted molar refractivity (Wildman–Crippen MR) is 80.9 cm³/mol. The number of imidazole rings is 1. The number of hydrogen-bond donors (Lipinski definition) is 0. The molecule has 1 unspecified atom stereocenters. The number of hydrogen-bond acceptors (Lipinski definition) is 3. The molecular formula is C17H23N3O. The zero-order valence-electron chi connectivity index (χ0n) is 12.7. The van der Waals surface area contributed by atoms with Gasteiger partial charge < -0.3 is 8.98 Å². The van der Waals surface area contributed by atoms with E-state index in [1.165, 1.54) is 49.3 Å². The van der Waals surface area contributed by atoms with E-state index in [1.807, 2.05) is 6.07 Å². The Morgan fingerprint density at radius 3 is 3.00 bits per heavy atom. The maximum atomic E-state index is 5.52. The summed E-state index contributed by atoms with van der Waals surface area (Å²) in [6, 6.07) is 4.49. The first-order chi connectivity index (χ1) is 10.3. The fourth-order valence-electron chi connectivity index (χ4n) is 3.92. The minimum Gasteiger partial charge on any atom is -0.468 e. The van der Waals surface area contributed by atoms with Crippen LogP contribution in [0.25, 0.3) is 0 Å².